The molecule has 3 atom stereocenters. The number of anilines is 1. The maximum absolute atomic E-state index is 15.1. The third kappa shape index (κ3) is 3.75. The molecule has 204 valence electrons. The molecule has 2 heteroatoms. The lowest BCUT2D eigenvalue weighted by Gasteiger charge is -2.53. The number of benzene rings is 5. The molecule has 0 bridgehead atoms. The second kappa shape index (κ2) is 10.2. The summed E-state index contributed by atoms with van der Waals surface area (Å²) in [5, 5.41) is 0. The Morgan fingerprint density at radius 2 is 1.17 bits per heavy atom. The van der Waals surface area contributed by atoms with Crippen LogP contribution in [-0.2, 0) is 5.41 Å². The fourth-order valence-corrected chi connectivity index (χ4v) is 7.46. The molecule has 2 nitrogen and oxygen atoms in total. The molecule has 0 unspecified atom stereocenters. The van der Waals surface area contributed by atoms with E-state index in [2.05, 4.69) is 140 Å². The highest BCUT2D eigenvalue weighted by molar-refractivity contribution is 6.10. The van der Waals surface area contributed by atoms with Crippen LogP contribution < -0.4 is 4.90 Å². The Morgan fingerprint density at radius 3 is 1.81 bits per heavy atom. The monoisotopic (exact) mass is 543 g/mol. The average molecular weight is 544 g/mol. The second-order valence-corrected chi connectivity index (χ2v) is 11.5. The highest BCUT2D eigenvalue weighted by Crippen LogP contribution is 2.62. The molecule has 0 fully saturated rings. The molecule has 1 aliphatic heterocycles. The number of carbonyl (C=O) groups excluding carboxylic acids is 1. The molecule has 0 aromatic heterocycles. The first-order chi connectivity index (χ1) is 20.6. The van der Waals surface area contributed by atoms with Gasteiger partial charge in [0, 0.05) is 23.7 Å². The smallest absolute Gasteiger partial charge is 0.173 e. The van der Waals surface area contributed by atoms with Gasteiger partial charge in [-0.15, -0.1) is 0 Å². The molecule has 1 heterocycles. The van der Waals surface area contributed by atoms with Crippen LogP contribution in [0.5, 0.6) is 0 Å². The minimum absolute atomic E-state index is 0.121. The zero-order valence-corrected chi connectivity index (χ0v) is 23.9. The maximum atomic E-state index is 15.1. The highest BCUT2D eigenvalue weighted by atomic mass is 16.1. The third-order valence-electron chi connectivity index (χ3n) is 9.48. The molecule has 0 saturated carbocycles. The summed E-state index contributed by atoms with van der Waals surface area (Å²) in [5.41, 5.74) is 7.32. The number of ketones is 1. The Morgan fingerprint density at radius 1 is 0.643 bits per heavy atom. The lowest BCUT2D eigenvalue weighted by molar-refractivity contribution is 0.0892. The summed E-state index contributed by atoms with van der Waals surface area (Å²) < 4.78 is 0. The summed E-state index contributed by atoms with van der Waals surface area (Å²) in [5.74, 6) is -0.367. The fourth-order valence-electron chi connectivity index (χ4n) is 7.46. The number of Topliss-reactive ketones (excluding diaryl/α,β-unsaturated/α-hetero) is 1. The van der Waals surface area contributed by atoms with Gasteiger partial charge in [0.1, 0.15) is 0 Å². The Kier molecular flexibility index (Phi) is 6.28. The summed E-state index contributed by atoms with van der Waals surface area (Å²) >= 11 is 0. The molecule has 1 spiro atoms. The van der Waals surface area contributed by atoms with E-state index in [0.717, 1.165) is 33.5 Å². The predicted octanol–water partition coefficient (Wildman–Crippen LogP) is 8.86. The molecule has 0 saturated heterocycles. The first-order valence-corrected chi connectivity index (χ1v) is 14.6. The molecule has 2 aliphatic rings. The van der Waals surface area contributed by atoms with Crippen molar-refractivity contribution in [1.82, 2.24) is 0 Å². The van der Waals surface area contributed by atoms with Gasteiger partial charge in [-0.1, -0.05) is 140 Å². The number of carbonyl (C=O) groups is 1. The zero-order valence-electron chi connectivity index (χ0n) is 23.9. The Bertz CT molecular complexity index is 1810. The van der Waals surface area contributed by atoms with Crippen molar-refractivity contribution in [2.45, 2.75) is 17.9 Å². The summed E-state index contributed by atoms with van der Waals surface area (Å²) in [4.78, 5) is 17.5. The Hall–Kier alpha value is -4.95. The zero-order chi connectivity index (χ0) is 28.7. The van der Waals surface area contributed by atoms with Crippen LogP contribution in [-0.4, -0.2) is 18.4 Å². The number of rotatable bonds is 5. The van der Waals surface area contributed by atoms with E-state index in [1.165, 1.54) is 11.1 Å². The van der Waals surface area contributed by atoms with Gasteiger partial charge in [-0.25, -0.2) is 0 Å². The predicted molar refractivity (Wildman–Crippen MR) is 174 cm³/mol. The minimum Gasteiger partial charge on any atom is -0.363 e. The molecule has 0 N–H and O–H groups in total. The number of hydrogen-bond acceptors (Lipinski definition) is 2. The molecule has 0 radical (unpaired) electrons. The van der Waals surface area contributed by atoms with Crippen LogP contribution in [0.15, 0.2) is 158 Å². The summed E-state index contributed by atoms with van der Waals surface area (Å²) in [6.07, 6.45) is 4.65. The average Bonchev–Trinajstić information content (AvgIpc) is 3.25. The SMILES string of the molecule is CN1c2ccccc2[C@@](C)(c2ccccc2)[C@@]12C=C(c1ccccc1)C=C(c1ccccc1)[C@H]2C(=O)c1ccccc1. The number of likely N-dealkylation sites (N-methyl/N-ethyl adjacent to an activating group) is 1. The number of nitrogens with zero attached hydrogens (tertiary/aromatic N) is 1. The van der Waals surface area contributed by atoms with E-state index >= 15 is 4.79 Å². The topological polar surface area (TPSA) is 20.3 Å². The Balaban J connectivity index is 1.62. The largest absolute Gasteiger partial charge is 0.363 e. The lowest BCUT2D eigenvalue weighted by Crippen LogP contribution is -2.62. The molecule has 0 amide bonds. The summed E-state index contributed by atoms with van der Waals surface area (Å²) in [7, 11) is 2.17. The summed E-state index contributed by atoms with van der Waals surface area (Å²) in [6, 6.07) is 50.2. The molecule has 5 aromatic rings. The third-order valence-corrected chi connectivity index (χ3v) is 9.48. The van der Waals surface area contributed by atoms with Crippen molar-refractivity contribution in [2.24, 2.45) is 5.92 Å². The van der Waals surface area contributed by atoms with E-state index in [1.54, 1.807) is 0 Å². The number of allylic oxidation sites excluding steroid dienone is 2. The van der Waals surface area contributed by atoms with E-state index in [4.69, 9.17) is 0 Å². The van der Waals surface area contributed by atoms with Crippen molar-refractivity contribution in [1.29, 1.82) is 0 Å². The standard InChI is InChI=1S/C40H33NO/c1-39(33-23-13-6-14-24-33)35-25-15-16-26-36(35)41(2)40(39)28-32(29-17-7-3-8-18-29)27-34(30-19-9-4-10-20-30)37(40)38(42)31-21-11-5-12-22-31/h3-28,37H,1-2H3/t37-,39+,40-/m0/s1. The molecular formula is C40H33NO. The van der Waals surface area contributed by atoms with Crippen LogP contribution in [0.4, 0.5) is 5.69 Å². The molecule has 5 aromatic carbocycles. The van der Waals surface area contributed by atoms with Gasteiger partial charge in [0.15, 0.2) is 5.78 Å². The van der Waals surface area contributed by atoms with Gasteiger partial charge in [-0.05, 0) is 58.5 Å². The lowest BCUT2D eigenvalue weighted by atomic mass is 9.54. The normalized spacial score (nSPS) is 22.8. The van der Waals surface area contributed by atoms with Crippen molar-refractivity contribution in [3.8, 4) is 0 Å². The highest BCUT2D eigenvalue weighted by Gasteiger charge is 2.64. The van der Waals surface area contributed by atoms with E-state index < -0.39 is 16.9 Å². The quantitative estimate of drug-likeness (QED) is 0.206. The van der Waals surface area contributed by atoms with Crippen molar-refractivity contribution in [3.05, 3.63) is 186 Å². The van der Waals surface area contributed by atoms with Crippen LogP contribution in [0, 0.1) is 5.92 Å². The van der Waals surface area contributed by atoms with Gasteiger partial charge >= 0.3 is 0 Å². The van der Waals surface area contributed by atoms with Gasteiger partial charge < -0.3 is 4.90 Å². The van der Waals surface area contributed by atoms with Crippen LogP contribution >= 0.6 is 0 Å². The number of para-hydroxylation sites is 1. The molecule has 42 heavy (non-hydrogen) atoms. The minimum atomic E-state index is -0.754. The van der Waals surface area contributed by atoms with E-state index in [0.29, 0.717) is 0 Å². The van der Waals surface area contributed by atoms with E-state index in [1.807, 2.05) is 36.4 Å². The van der Waals surface area contributed by atoms with Crippen LogP contribution in [0.25, 0.3) is 11.1 Å². The molecular weight excluding hydrogens is 510 g/mol. The first-order valence-electron chi connectivity index (χ1n) is 14.6. The number of hydrogen-bond donors (Lipinski definition) is 0. The van der Waals surface area contributed by atoms with Crippen molar-refractivity contribution in [2.75, 3.05) is 11.9 Å². The van der Waals surface area contributed by atoms with E-state index in [9.17, 15) is 0 Å². The molecule has 7 rings (SSSR count). The van der Waals surface area contributed by atoms with E-state index in [-0.39, 0.29) is 5.78 Å². The van der Waals surface area contributed by atoms with Gasteiger partial charge in [0.25, 0.3) is 0 Å². The molecule has 1 aliphatic carbocycles. The van der Waals surface area contributed by atoms with Crippen LogP contribution in [0.2, 0.25) is 0 Å². The number of fused-ring (bicyclic) bond motifs is 1. The van der Waals surface area contributed by atoms with Gasteiger partial charge in [-0.2, -0.15) is 0 Å². The first kappa shape index (κ1) is 26.0. The van der Waals surface area contributed by atoms with Crippen molar-refractivity contribution >= 4 is 22.6 Å². The van der Waals surface area contributed by atoms with Gasteiger partial charge in [0.2, 0.25) is 0 Å². The van der Waals surface area contributed by atoms with Crippen LogP contribution in [0.3, 0.4) is 0 Å². The Labute approximate surface area is 248 Å². The van der Waals surface area contributed by atoms with Crippen molar-refractivity contribution < 1.29 is 4.79 Å². The van der Waals surface area contributed by atoms with Crippen LogP contribution in [0.1, 0.15) is 39.5 Å². The second-order valence-electron chi connectivity index (χ2n) is 11.5. The van der Waals surface area contributed by atoms with Crippen molar-refractivity contribution in [3.63, 3.8) is 0 Å². The maximum Gasteiger partial charge on any atom is 0.173 e. The van der Waals surface area contributed by atoms with Gasteiger partial charge in [-0.3, -0.25) is 4.79 Å². The summed E-state index contributed by atoms with van der Waals surface area (Å²) in [6.45, 7) is 2.34. The fraction of sp³-hybridized carbons (Fsp3) is 0.125. The van der Waals surface area contributed by atoms with Gasteiger partial charge in [0.05, 0.1) is 11.5 Å².